The van der Waals surface area contributed by atoms with Crippen LogP contribution in [0.1, 0.15) is 32.1 Å². The zero-order valence-corrected chi connectivity index (χ0v) is 13.5. The fourth-order valence-electron chi connectivity index (χ4n) is 2.71. The Kier molecular flexibility index (Phi) is 4.29. The normalized spacial score (nSPS) is 10.4. The molecule has 0 bridgehead atoms. The third kappa shape index (κ3) is 2.99. The van der Waals surface area contributed by atoms with E-state index in [9.17, 15) is 9.59 Å². The Labute approximate surface area is 140 Å². The summed E-state index contributed by atoms with van der Waals surface area (Å²) >= 11 is 0. The fraction of sp³-hybridized carbons (Fsp3) is 0.100. The van der Waals surface area contributed by atoms with Gasteiger partial charge in [0.15, 0.2) is 12.6 Å². The van der Waals surface area contributed by atoms with Gasteiger partial charge in [-0.2, -0.15) is 0 Å². The van der Waals surface area contributed by atoms with Crippen LogP contribution < -0.4 is 0 Å². The van der Waals surface area contributed by atoms with E-state index in [1.54, 1.807) is 24.5 Å². The van der Waals surface area contributed by atoms with Crippen molar-refractivity contribution in [1.82, 2.24) is 9.97 Å². The Hall–Kier alpha value is -3.14. The molecule has 1 aromatic carbocycles. The smallest absolute Gasteiger partial charge is 0.168 e. The van der Waals surface area contributed by atoms with Crippen LogP contribution in [-0.2, 0) is 0 Å². The zero-order valence-electron chi connectivity index (χ0n) is 13.5. The highest BCUT2D eigenvalue weighted by atomic mass is 16.1. The molecule has 0 aliphatic rings. The van der Waals surface area contributed by atoms with Crippen molar-refractivity contribution < 1.29 is 9.59 Å². The van der Waals surface area contributed by atoms with E-state index in [1.807, 2.05) is 26.0 Å². The number of aromatic nitrogens is 2. The van der Waals surface area contributed by atoms with Crippen molar-refractivity contribution in [3.63, 3.8) is 0 Å². The summed E-state index contributed by atoms with van der Waals surface area (Å²) < 4.78 is 0. The monoisotopic (exact) mass is 316 g/mol. The van der Waals surface area contributed by atoms with Crippen LogP contribution in [0.15, 0.2) is 48.8 Å². The highest BCUT2D eigenvalue weighted by Gasteiger charge is 2.09. The summed E-state index contributed by atoms with van der Waals surface area (Å²) in [6.45, 7) is 4.08. The second-order valence-electron chi connectivity index (χ2n) is 5.66. The third-order valence-corrected chi connectivity index (χ3v) is 4.01. The molecule has 0 fully saturated rings. The molecule has 0 spiro atoms. The molecule has 0 saturated heterocycles. The van der Waals surface area contributed by atoms with Crippen LogP contribution in [0.4, 0.5) is 0 Å². The van der Waals surface area contributed by atoms with Crippen LogP contribution in [0.2, 0.25) is 0 Å². The van der Waals surface area contributed by atoms with Gasteiger partial charge in [-0.25, -0.2) is 0 Å². The standard InChI is InChI=1S/C20H16N2O2/c1-13-7-20(16-4-6-18(12-24)22-10-16)14(2)8-19(13)15-3-5-17(11-23)21-9-15/h3-12H,1-2H3. The minimum Gasteiger partial charge on any atom is -0.296 e. The van der Waals surface area contributed by atoms with E-state index in [-0.39, 0.29) is 0 Å². The van der Waals surface area contributed by atoms with Gasteiger partial charge in [-0.05, 0) is 48.2 Å². The summed E-state index contributed by atoms with van der Waals surface area (Å²) in [7, 11) is 0. The quantitative estimate of drug-likeness (QED) is 0.681. The molecule has 0 aliphatic carbocycles. The summed E-state index contributed by atoms with van der Waals surface area (Å²) in [6, 6.07) is 11.4. The van der Waals surface area contributed by atoms with Crippen LogP contribution >= 0.6 is 0 Å². The summed E-state index contributed by atoms with van der Waals surface area (Å²) in [5.74, 6) is 0. The van der Waals surface area contributed by atoms with Crippen molar-refractivity contribution in [3.05, 3.63) is 71.3 Å². The average molecular weight is 316 g/mol. The molecule has 118 valence electrons. The Morgan fingerprint density at radius 2 is 1.12 bits per heavy atom. The molecular weight excluding hydrogens is 300 g/mol. The summed E-state index contributed by atoms with van der Waals surface area (Å²) in [5.41, 5.74) is 7.17. The predicted molar refractivity (Wildman–Crippen MR) is 93.2 cm³/mol. The number of carbonyl (C=O) groups excluding carboxylic acids is 2. The maximum atomic E-state index is 10.7. The highest BCUT2D eigenvalue weighted by molar-refractivity contribution is 5.78. The SMILES string of the molecule is Cc1cc(-c2ccc(C=O)nc2)c(C)cc1-c1ccc(C=O)nc1. The number of benzene rings is 1. The van der Waals surface area contributed by atoms with E-state index in [2.05, 4.69) is 22.1 Å². The van der Waals surface area contributed by atoms with Crippen LogP contribution in [0, 0.1) is 13.8 Å². The van der Waals surface area contributed by atoms with E-state index < -0.39 is 0 Å². The first kappa shape index (κ1) is 15.7. The number of nitrogens with zero attached hydrogens (tertiary/aromatic N) is 2. The molecule has 4 heteroatoms. The van der Waals surface area contributed by atoms with Crippen molar-refractivity contribution in [2.75, 3.05) is 0 Å². The number of aldehydes is 2. The number of rotatable bonds is 4. The highest BCUT2D eigenvalue weighted by Crippen LogP contribution is 2.31. The Bertz CT molecular complexity index is 821. The predicted octanol–water partition coefficient (Wildman–Crippen LogP) is 4.05. The van der Waals surface area contributed by atoms with Gasteiger partial charge in [0.1, 0.15) is 11.4 Å². The second-order valence-corrected chi connectivity index (χ2v) is 5.66. The van der Waals surface area contributed by atoms with Gasteiger partial charge in [-0.1, -0.05) is 24.3 Å². The Balaban J connectivity index is 2.03. The molecule has 0 saturated carbocycles. The maximum absolute atomic E-state index is 10.7. The summed E-state index contributed by atoms with van der Waals surface area (Å²) in [5, 5.41) is 0. The van der Waals surface area contributed by atoms with E-state index >= 15 is 0 Å². The Morgan fingerprint density at radius 1 is 0.708 bits per heavy atom. The number of aryl methyl sites for hydroxylation is 2. The molecule has 2 heterocycles. The molecule has 0 N–H and O–H groups in total. The fourth-order valence-corrected chi connectivity index (χ4v) is 2.71. The number of pyridine rings is 2. The van der Waals surface area contributed by atoms with Crippen molar-refractivity contribution in [3.8, 4) is 22.3 Å². The minimum absolute atomic E-state index is 0.422. The maximum Gasteiger partial charge on any atom is 0.168 e. The van der Waals surface area contributed by atoms with Gasteiger partial charge in [0.2, 0.25) is 0 Å². The van der Waals surface area contributed by atoms with Gasteiger partial charge < -0.3 is 0 Å². The molecule has 3 rings (SSSR count). The van der Waals surface area contributed by atoms with E-state index in [0.29, 0.717) is 11.4 Å². The summed E-state index contributed by atoms with van der Waals surface area (Å²) in [4.78, 5) is 29.7. The van der Waals surface area contributed by atoms with Crippen molar-refractivity contribution in [1.29, 1.82) is 0 Å². The molecule has 3 aromatic rings. The van der Waals surface area contributed by atoms with Crippen LogP contribution in [0.5, 0.6) is 0 Å². The van der Waals surface area contributed by atoms with E-state index in [1.165, 1.54) is 0 Å². The van der Waals surface area contributed by atoms with Crippen LogP contribution in [-0.4, -0.2) is 22.5 Å². The van der Waals surface area contributed by atoms with Gasteiger partial charge in [0.25, 0.3) is 0 Å². The van der Waals surface area contributed by atoms with Crippen molar-refractivity contribution in [2.24, 2.45) is 0 Å². The average Bonchev–Trinajstić information content (AvgIpc) is 2.63. The van der Waals surface area contributed by atoms with Crippen molar-refractivity contribution in [2.45, 2.75) is 13.8 Å². The van der Waals surface area contributed by atoms with E-state index in [0.717, 1.165) is 46.0 Å². The molecule has 0 aliphatic heterocycles. The molecule has 2 aromatic heterocycles. The molecular formula is C20H16N2O2. The van der Waals surface area contributed by atoms with Gasteiger partial charge >= 0.3 is 0 Å². The molecule has 0 radical (unpaired) electrons. The van der Waals surface area contributed by atoms with Crippen LogP contribution in [0.3, 0.4) is 0 Å². The number of hydrogen-bond donors (Lipinski definition) is 0. The minimum atomic E-state index is 0.422. The van der Waals surface area contributed by atoms with Gasteiger partial charge in [0, 0.05) is 23.5 Å². The first-order valence-electron chi connectivity index (χ1n) is 7.57. The number of hydrogen-bond acceptors (Lipinski definition) is 4. The lowest BCUT2D eigenvalue weighted by Gasteiger charge is -2.13. The topological polar surface area (TPSA) is 59.9 Å². The first-order chi connectivity index (χ1) is 11.6. The summed E-state index contributed by atoms with van der Waals surface area (Å²) in [6.07, 6.45) is 4.90. The zero-order chi connectivity index (χ0) is 17.1. The molecule has 4 nitrogen and oxygen atoms in total. The lowest BCUT2D eigenvalue weighted by Crippen LogP contribution is -1.93. The number of carbonyl (C=O) groups is 2. The molecule has 0 amide bonds. The van der Waals surface area contributed by atoms with Crippen molar-refractivity contribution >= 4 is 12.6 Å². The molecule has 0 unspecified atom stereocenters. The molecule has 24 heavy (non-hydrogen) atoms. The lowest BCUT2D eigenvalue weighted by molar-refractivity contribution is 0.111. The Morgan fingerprint density at radius 3 is 1.42 bits per heavy atom. The van der Waals surface area contributed by atoms with Gasteiger partial charge in [0.05, 0.1) is 0 Å². The van der Waals surface area contributed by atoms with Crippen LogP contribution in [0.25, 0.3) is 22.3 Å². The van der Waals surface area contributed by atoms with Gasteiger partial charge in [-0.3, -0.25) is 19.6 Å². The lowest BCUT2D eigenvalue weighted by atomic mass is 9.93. The first-order valence-corrected chi connectivity index (χ1v) is 7.57. The largest absolute Gasteiger partial charge is 0.296 e. The van der Waals surface area contributed by atoms with Gasteiger partial charge in [-0.15, -0.1) is 0 Å². The van der Waals surface area contributed by atoms with E-state index in [4.69, 9.17) is 0 Å². The third-order valence-electron chi connectivity index (χ3n) is 4.01. The molecule has 0 atom stereocenters. The second kappa shape index (κ2) is 6.54.